The molecular formula is C14H13N3O3. The lowest BCUT2D eigenvalue weighted by molar-refractivity contribution is 0.0988. The summed E-state index contributed by atoms with van der Waals surface area (Å²) in [5.74, 6) is 1.28. The lowest BCUT2D eigenvalue weighted by Gasteiger charge is -2.20. The molecule has 0 saturated carbocycles. The van der Waals surface area contributed by atoms with Gasteiger partial charge in [-0.05, 0) is 25.1 Å². The van der Waals surface area contributed by atoms with Crippen molar-refractivity contribution < 1.29 is 14.3 Å². The summed E-state index contributed by atoms with van der Waals surface area (Å²) in [5.41, 5.74) is 1.06. The van der Waals surface area contributed by atoms with Crippen molar-refractivity contribution in [3.8, 4) is 17.4 Å². The minimum absolute atomic E-state index is 0.163. The molecule has 1 aliphatic rings. The third-order valence-corrected chi connectivity index (χ3v) is 3.14. The first-order chi connectivity index (χ1) is 9.74. The number of anilines is 1. The Kier molecular flexibility index (Phi) is 2.98. The summed E-state index contributed by atoms with van der Waals surface area (Å²) in [7, 11) is 1.58. The average Bonchev–Trinajstić information content (AvgIpc) is 2.60. The standard InChI is InChI=1S/C14H13N3O3/c1-3-17-11-8-9(19-2)4-5-12(11)20-13-10(14(17)18)6-7-15-16-13/h4-8H,3H2,1-2H3. The predicted octanol–water partition coefficient (Wildman–Crippen LogP) is 2.26. The molecule has 0 fully saturated rings. The van der Waals surface area contributed by atoms with E-state index in [1.54, 1.807) is 36.3 Å². The highest BCUT2D eigenvalue weighted by Crippen LogP contribution is 2.39. The number of ether oxygens (including phenoxy) is 2. The largest absolute Gasteiger partial charge is 0.497 e. The summed E-state index contributed by atoms with van der Waals surface area (Å²) in [4.78, 5) is 14.2. The van der Waals surface area contributed by atoms with Crippen LogP contribution in [0.25, 0.3) is 0 Å². The maximum Gasteiger partial charge on any atom is 0.263 e. The predicted molar refractivity (Wildman–Crippen MR) is 72.5 cm³/mol. The Morgan fingerprint density at radius 1 is 1.35 bits per heavy atom. The maximum atomic E-state index is 12.6. The minimum Gasteiger partial charge on any atom is -0.497 e. The van der Waals surface area contributed by atoms with Crippen LogP contribution in [0.15, 0.2) is 30.5 Å². The van der Waals surface area contributed by atoms with E-state index in [2.05, 4.69) is 10.2 Å². The second kappa shape index (κ2) is 4.80. The van der Waals surface area contributed by atoms with Crippen molar-refractivity contribution in [2.24, 2.45) is 0 Å². The van der Waals surface area contributed by atoms with Crippen molar-refractivity contribution in [2.75, 3.05) is 18.6 Å². The van der Waals surface area contributed by atoms with Crippen LogP contribution in [0.5, 0.6) is 17.4 Å². The summed E-state index contributed by atoms with van der Waals surface area (Å²) >= 11 is 0. The highest BCUT2D eigenvalue weighted by Gasteiger charge is 2.28. The van der Waals surface area contributed by atoms with E-state index in [1.807, 2.05) is 6.92 Å². The molecule has 6 nitrogen and oxygen atoms in total. The van der Waals surface area contributed by atoms with Gasteiger partial charge in [-0.2, -0.15) is 5.10 Å². The first-order valence-corrected chi connectivity index (χ1v) is 6.24. The second-order valence-corrected chi connectivity index (χ2v) is 4.24. The molecule has 6 heteroatoms. The molecule has 0 radical (unpaired) electrons. The number of methoxy groups -OCH3 is 1. The van der Waals surface area contributed by atoms with Crippen molar-refractivity contribution in [1.29, 1.82) is 0 Å². The lowest BCUT2D eigenvalue weighted by Crippen LogP contribution is -2.29. The van der Waals surface area contributed by atoms with Gasteiger partial charge in [0, 0.05) is 12.6 Å². The first-order valence-electron chi connectivity index (χ1n) is 6.24. The van der Waals surface area contributed by atoms with Gasteiger partial charge in [-0.1, -0.05) is 0 Å². The number of nitrogens with zero attached hydrogens (tertiary/aromatic N) is 3. The number of amides is 1. The number of hydrogen-bond donors (Lipinski definition) is 0. The lowest BCUT2D eigenvalue weighted by atomic mass is 10.2. The number of rotatable bonds is 2. The molecule has 102 valence electrons. The highest BCUT2D eigenvalue weighted by molar-refractivity contribution is 6.09. The minimum atomic E-state index is -0.163. The van der Waals surface area contributed by atoms with Crippen LogP contribution in [0, 0.1) is 0 Å². The molecule has 1 aliphatic heterocycles. The van der Waals surface area contributed by atoms with Crippen molar-refractivity contribution in [1.82, 2.24) is 10.2 Å². The molecule has 0 saturated heterocycles. The monoisotopic (exact) mass is 271 g/mol. The Labute approximate surface area is 115 Å². The smallest absolute Gasteiger partial charge is 0.263 e. The molecule has 2 heterocycles. The zero-order valence-corrected chi connectivity index (χ0v) is 11.2. The van der Waals surface area contributed by atoms with E-state index in [0.717, 1.165) is 0 Å². The normalized spacial score (nSPS) is 13.1. The van der Waals surface area contributed by atoms with Gasteiger partial charge in [0.25, 0.3) is 11.8 Å². The summed E-state index contributed by atoms with van der Waals surface area (Å²) in [6, 6.07) is 6.92. The Hall–Kier alpha value is -2.63. The van der Waals surface area contributed by atoms with E-state index < -0.39 is 0 Å². The number of hydrogen-bond acceptors (Lipinski definition) is 5. The molecule has 2 aromatic rings. The molecule has 0 N–H and O–H groups in total. The third kappa shape index (κ3) is 1.85. The molecule has 0 aliphatic carbocycles. The quantitative estimate of drug-likeness (QED) is 0.838. The SMILES string of the molecule is CCN1C(=O)c2ccnnc2Oc2ccc(OC)cc21. The number of carbonyl (C=O) groups is 1. The van der Waals surface area contributed by atoms with Gasteiger partial charge in [-0.25, -0.2) is 0 Å². The van der Waals surface area contributed by atoms with Crippen LogP contribution >= 0.6 is 0 Å². The van der Waals surface area contributed by atoms with Crippen LogP contribution < -0.4 is 14.4 Å². The molecule has 20 heavy (non-hydrogen) atoms. The number of carbonyl (C=O) groups excluding carboxylic acids is 1. The van der Waals surface area contributed by atoms with Gasteiger partial charge in [0.2, 0.25) is 0 Å². The molecule has 0 unspecified atom stereocenters. The van der Waals surface area contributed by atoms with E-state index >= 15 is 0 Å². The third-order valence-electron chi connectivity index (χ3n) is 3.14. The summed E-state index contributed by atoms with van der Waals surface area (Å²) in [6.07, 6.45) is 1.48. The topological polar surface area (TPSA) is 64.6 Å². The molecule has 0 atom stereocenters. The van der Waals surface area contributed by atoms with Crippen LogP contribution in [0.4, 0.5) is 5.69 Å². The van der Waals surface area contributed by atoms with E-state index in [4.69, 9.17) is 9.47 Å². The van der Waals surface area contributed by atoms with Crippen LogP contribution in [-0.2, 0) is 0 Å². The van der Waals surface area contributed by atoms with Crippen molar-refractivity contribution in [2.45, 2.75) is 6.92 Å². The van der Waals surface area contributed by atoms with Gasteiger partial charge >= 0.3 is 0 Å². The average molecular weight is 271 g/mol. The number of aromatic nitrogens is 2. The van der Waals surface area contributed by atoms with Crippen molar-refractivity contribution in [3.05, 3.63) is 36.0 Å². The number of fused-ring (bicyclic) bond motifs is 2. The first kappa shape index (κ1) is 12.4. The molecule has 1 amide bonds. The second-order valence-electron chi connectivity index (χ2n) is 4.24. The molecule has 0 spiro atoms. The van der Waals surface area contributed by atoms with Crippen molar-refractivity contribution in [3.63, 3.8) is 0 Å². The Morgan fingerprint density at radius 3 is 2.95 bits per heavy atom. The van der Waals surface area contributed by atoms with E-state index in [0.29, 0.717) is 29.3 Å². The Balaban J connectivity index is 2.20. The Morgan fingerprint density at radius 2 is 2.20 bits per heavy atom. The van der Waals surface area contributed by atoms with Gasteiger partial charge < -0.3 is 14.4 Å². The van der Waals surface area contributed by atoms with E-state index in [-0.39, 0.29) is 11.8 Å². The van der Waals surface area contributed by atoms with E-state index in [9.17, 15) is 4.79 Å². The summed E-state index contributed by atoms with van der Waals surface area (Å²) in [5, 5.41) is 7.65. The zero-order chi connectivity index (χ0) is 14.1. The van der Waals surface area contributed by atoms with Gasteiger partial charge in [-0.15, -0.1) is 5.10 Å². The van der Waals surface area contributed by atoms with Crippen LogP contribution in [-0.4, -0.2) is 29.8 Å². The fourth-order valence-corrected chi connectivity index (χ4v) is 2.15. The summed E-state index contributed by atoms with van der Waals surface area (Å²) < 4.78 is 10.9. The fraction of sp³-hybridized carbons (Fsp3) is 0.214. The van der Waals surface area contributed by atoms with Crippen molar-refractivity contribution >= 4 is 11.6 Å². The highest BCUT2D eigenvalue weighted by atomic mass is 16.5. The van der Waals surface area contributed by atoms with Crippen LogP contribution in [0.1, 0.15) is 17.3 Å². The van der Waals surface area contributed by atoms with Crippen LogP contribution in [0.3, 0.4) is 0 Å². The molecule has 1 aromatic carbocycles. The number of benzene rings is 1. The molecule has 1 aromatic heterocycles. The molecular weight excluding hydrogens is 258 g/mol. The van der Waals surface area contributed by atoms with Gasteiger partial charge in [0.1, 0.15) is 11.3 Å². The molecule has 3 rings (SSSR count). The van der Waals surface area contributed by atoms with E-state index in [1.165, 1.54) is 6.20 Å². The summed E-state index contributed by atoms with van der Waals surface area (Å²) in [6.45, 7) is 2.42. The van der Waals surface area contributed by atoms with Gasteiger partial charge in [0.05, 0.1) is 19.0 Å². The molecule has 0 bridgehead atoms. The fourth-order valence-electron chi connectivity index (χ4n) is 2.15. The van der Waals surface area contributed by atoms with Gasteiger partial charge in [-0.3, -0.25) is 4.79 Å². The van der Waals surface area contributed by atoms with Gasteiger partial charge in [0.15, 0.2) is 5.75 Å². The Bertz CT molecular complexity index is 672. The zero-order valence-electron chi connectivity index (χ0n) is 11.2. The maximum absolute atomic E-state index is 12.6. The van der Waals surface area contributed by atoms with Crippen LogP contribution in [0.2, 0.25) is 0 Å².